The van der Waals surface area contributed by atoms with Crippen molar-refractivity contribution in [2.45, 2.75) is 50.8 Å². The molecule has 1 fully saturated rings. The molecule has 2 rings (SSSR count). The second-order valence-corrected chi connectivity index (χ2v) is 6.03. The van der Waals surface area contributed by atoms with E-state index in [1.165, 1.54) is 11.2 Å². The third-order valence-corrected chi connectivity index (χ3v) is 4.14. The fraction of sp³-hybridized carbons (Fsp3) is 0.667. The average Bonchev–Trinajstić information content (AvgIpc) is 2.81. The number of nitrogens with zero attached hydrogens (tertiary/aromatic N) is 1. The molecule has 7 heteroatoms. The van der Waals surface area contributed by atoms with E-state index in [-0.39, 0.29) is 31.2 Å². The summed E-state index contributed by atoms with van der Waals surface area (Å²) in [7, 11) is 0. The topological polar surface area (TPSA) is 53.7 Å². The number of aliphatic hydroxyl groups is 1. The Hall–Kier alpha value is -1.50. The van der Waals surface area contributed by atoms with E-state index in [1.54, 1.807) is 6.07 Å². The Morgan fingerprint density at radius 1 is 1.36 bits per heavy atom. The highest BCUT2D eigenvalue weighted by molar-refractivity contribution is 5.93. The molecule has 1 unspecified atom stereocenters. The third kappa shape index (κ3) is 3.14. The largest absolute Gasteiger partial charge is 0.459 e. The lowest BCUT2D eigenvalue weighted by molar-refractivity contribution is -0.263. The minimum atomic E-state index is -4.68. The normalized spacial score (nSPS) is 23.7. The van der Waals surface area contributed by atoms with Gasteiger partial charge in [-0.25, -0.2) is 0 Å². The SMILES string of the molecule is CC(C)c1ccoc1C(=O)N1CCCC(O)(C(F)(F)F)CC1. The van der Waals surface area contributed by atoms with Crippen molar-refractivity contribution in [1.29, 1.82) is 0 Å². The number of hydrogen-bond acceptors (Lipinski definition) is 3. The summed E-state index contributed by atoms with van der Waals surface area (Å²) in [5.41, 5.74) is -1.98. The van der Waals surface area contributed by atoms with Crippen molar-refractivity contribution in [3.05, 3.63) is 23.7 Å². The molecule has 1 amide bonds. The maximum atomic E-state index is 12.9. The summed E-state index contributed by atoms with van der Waals surface area (Å²) in [6.07, 6.45) is -4.08. The van der Waals surface area contributed by atoms with Crippen molar-refractivity contribution in [1.82, 2.24) is 4.90 Å². The van der Waals surface area contributed by atoms with Gasteiger partial charge in [0.2, 0.25) is 0 Å². The number of alkyl halides is 3. The van der Waals surface area contributed by atoms with E-state index >= 15 is 0 Å². The van der Waals surface area contributed by atoms with Crippen LogP contribution in [0.1, 0.15) is 55.1 Å². The lowest BCUT2D eigenvalue weighted by Gasteiger charge is -2.29. The van der Waals surface area contributed by atoms with Crippen molar-refractivity contribution in [3.8, 4) is 0 Å². The molecule has 1 atom stereocenters. The van der Waals surface area contributed by atoms with Crippen LogP contribution in [0.3, 0.4) is 0 Å². The van der Waals surface area contributed by atoms with Crippen molar-refractivity contribution >= 4 is 5.91 Å². The van der Waals surface area contributed by atoms with Gasteiger partial charge in [-0.15, -0.1) is 0 Å². The Kier molecular flexibility index (Phi) is 4.56. The lowest BCUT2D eigenvalue weighted by Crippen LogP contribution is -2.46. The molecule has 0 aliphatic carbocycles. The number of likely N-dealkylation sites (tertiary alicyclic amines) is 1. The summed E-state index contributed by atoms with van der Waals surface area (Å²) in [6, 6.07) is 1.70. The van der Waals surface area contributed by atoms with Gasteiger partial charge in [-0.2, -0.15) is 13.2 Å². The fourth-order valence-electron chi connectivity index (χ4n) is 2.70. The standard InChI is InChI=1S/C15H20F3NO3/c1-10(2)11-4-9-22-12(11)13(20)19-7-3-5-14(21,6-8-19)15(16,17)18/h4,9-10,21H,3,5-8H2,1-2H3. The van der Waals surface area contributed by atoms with E-state index in [4.69, 9.17) is 4.42 Å². The molecule has 1 N–H and O–H groups in total. The van der Waals surface area contributed by atoms with Crippen molar-refractivity contribution in [3.63, 3.8) is 0 Å². The Balaban J connectivity index is 2.14. The van der Waals surface area contributed by atoms with E-state index < -0.39 is 30.5 Å². The van der Waals surface area contributed by atoms with Crippen LogP contribution in [0.25, 0.3) is 0 Å². The van der Waals surface area contributed by atoms with Crippen LogP contribution >= 0.6 is 0 Å². The van der Waals surface area contributed by atoms with Crippen molar-refractivity contribution < 1.29 is 27.5 Å². The highest BCUT2D eigenvalue weighted by atomic mass is 19.4. The number of rotatable bonds is 2. The van der Waals surface area contributed by atoms with E-state index in [0.717, 1.165) is 5.56 Å². The fourth-order valence-corrected chi connectivity index (χ4v) is 2.70. The van der Waals surface area contributed by atoms with E-state index in [2.05, 4.69) is 0 Å². The van der Waals surface area contributed by atoms with Crippen LogP contribution in [0, 0.1) is 0 Å². The van der Waals surface area contributed by atoms with E-state index in [0.29, 0.717) is 0 Å². The second kappa shape index (κ2) is 5.95. The molecule has 1 aromatic heterocycles. The lowest BCUT2D eigenvalue weighted by atomic mass is 9.94. The number of carbonyl (C=O) groups is 1. The van der Waals surface area contributed by atoms with Crippen LogP contribution in [0.4, 0.5) is 13.2 Å². The van der Waals surface area contributed by atoms with Gasteiger partial charge in [0.15, 0.2) is 11.4 Å². The molecule has 0 spiro atoms. The predicted molar refractivity (Wildman–Crippen MR) is 73.6 cm³/mol. The molecule has 1 aromatic rings. The molecule has 124 valence electrons. The minimum Gasteiger partial charge on any atom is -0.459 e. The van der Waals surface area contributed by atoms with Gasteiger partial charge in [-0.3, -0.25) is 4.79 Å². The van der Waals surface area contributed by atoms with E-state index in [9.17, 15) is 23.1 Å². The van der Waals surface area contributed by atoms with Crippen LogP contribution in [-0.2, 0) is 0 Å². The Bertz CT molecular complexity index is 538. The first-order chi connectivity index (χ1) is 10.2. The zero-order chi connectivity index (χ0) is 16.5. The van der Waals surface area contributed by atoms with Gasteiger partial charge in [0.1, 0.15) is 0 Å². The number of halogens is 3. The molecule has 22 heavy (non-hydrogen) atoms. The molecular formula is C15H20F3NO3. The van der Waals surface area contributed by atoms with Gasteiger partial charge in [-0.1, -0.05) is 13.8 Å². The molecule has 1 aliphatic heterocycles. The second-order valence-electron chi connectivity index (χ2n) is 6.03. The van der Waals surface area contributed by atoms with Crippen LogP contribution in [-0.4, -0.2) is 40.8 Å². The maximum absolute atomic E-state index is 12.9. The smallest absolute Gasteiger partial charge is 0.417 e. The highest BCUT2D eigenvalue weighted by Crippen LogP contribution is 2.38. The summed E-state index contributed by atoms with van der Waals surface area (Å²) in [6.45, 7) is 3.85. The summed E-state index contributed by atoms with van der Waals surface area (Å²) in [5.74, 6) is -0.163. The van der Waals surface area contributed by atoms with Crippen LogP contribution < -0.4 is 0 Å². The predicted octanol–water partition coefficient (Wildman–Crippen LogP) is 3.32. The van der Waals surface area contributed by atoms with Crippen LogP contribution in [0.15, 0.2) is 16.7 Å². The van der Waals surface area contributed by atoms with Gasteiger partial charge in [0, 0.05) is 25.1 Å². The maximum Gasteiger partial charge on any atom is 0.417 e. The monoisotopic (exact) mass is 319 g/mol. The molecule has 4 nitrogen and oxygen atoms in total. The summed E-state index contributed by atoms with van der Waals surface area (Å²) in [5, 5.41) is 9.77. The number of hydrogen-bond donors (Lipinski definition) is 1. The van der Waals surface area contributed by atoms with Gasteiger partial charge in [-0.05, 0) is 24.8 Å². The number of amides is 1. The molecule has 0 saturated carbocycles. The van der Waals surface area contributed by atoms with Crippen LogP contribution in [0.5, 0.6) is 0 Å². The molecule has 1 aliphatic rings. The van der Waals surface area contributed by atoms with Gasteiger partial charge < -0.3 is 14.4 Å². The molecule has 0 radical (unpaired) electrons. The Morgan fingerprint density at radius 3 is 2.64 bits per heavy atom. The first-order valence-corrected chi connectivity index (χ1v) is 7.31. The van der Waals surface area contributed by atoms with E-state index in [1.807, 2.05) is 13.8 Å². The molecule has 0 aromatic carbocycles. The van der Waals surface area contributed by atoms with Gasteiger partial charge >= 0.3 is 6.18 Å². The summed E-state index contributed by atoms with van der Waals surface area (Å²) in [4.78, 5) is 13.8. The highest BCUT2D eigenvalue weighted by Gasteiger charge is 2.53. The third-order valence-electron chi connectivity index (χ3n) is 4.14. The van der Waals surface area contributed by atoms with Gasteiger partial charge in [0.25, 0.3) is 5.91 Å². The zero-order valence-corrected chi connectivity index (χ0v) is 12.6. The molecule has 0 bridgehead atoms. The molecule has 1 saturated heterocycles. The molecule has 2 heterocycles. The molecular weight excluding hydrogens is 299 g/mol. The number of furan rings is 1. The number of carbonyl (C=O) groups excluding carboxylic acids is 1. The summed E-state index contributed by atoms with van der Waals surface area (Å²) >= 11 is 0. The van der Waals surface area contributed by atoms with Crippen molar-refractivity contribution in [2.24, 2.45) is 0 Å². The summed E-state index contributed by atoms with van der Waals surface area (Å²) < 4.78 is 43.9. The average molecular weight is 319 g/mol. The first-order valence-electron chi connectivity index (χ1n) is 7.31. The zero-order valence-electron chi connectivity index (χ0n) is 12.6. The minimum absolute atomic E-state index is 0.0804. The Morgan fingerprint density at radius 2 is 2.05 bits per heavy atom. The Labute approximate surface area is 126 Å². The first kappa shape index (κ1) is 16.9. The quantitative estimate of drug-likeness (QED) is 0.910. The van der Waals surface area contributed by atoms with Crippen LogP contribution in [0.2, 0.25) is 0 Å². The van der Waals surface area contributed by atoms with Crippen molar-refractivity contribution in [2.75, 3.05) is 13.1 Å². The van der Waals surface area contributed by atoms with Gasteiger partial charge in [0.05, 0.1) is 6.26 Å².